The Labute approximate surface area is 81.5 Å². The number of aromatic carboxylic acids is 1. The second-order valence-corrected chi connectivity index (χ2v) is 3.16. The van der Waals surface area contributed by atoms with Crippen LogP contribution in [0.15, 0.2) is 10.7 Å². The van der Waals surface area contributed by atoms with Crippen molar-refractivity contribution in [2.24, 2.45) is 0 Å². The highest BCUT2D eigenvalue weighted by atomic mass is 16.4. The first kappa shape index (κ1) is 10.5. The molecule has 1 aromatic rings. The lowest BCUT2D eigenvalue weighted by Crippen LogP contribution is -2.04. The van der Waals surface area contributed by atoms with E-state index in [0.717, 1.165) is 6.42 Å². The zero-order chi connectivity index (χ0) is 10.7. The Bertz CT molecular complexity index is 351. The van der Waals surface area contributed by atoms with Crippen molar-refractivity contribution in [3.05, 3.63) is 23.2 Å². The van der Waals surface area contributed by atoms with Crippen LogP contribution in [-0.4, -0.2) is 17.4 Å². The maximum atomic E-state index is 10.9. The quantitative estimate of drug-likeness (QED) is 0.750. The van der Waals surface area contributed by atoms with Gasteiger partial charge in [-0.25, -0.2) is 4.79 Å². The normalized spacial score (nSPS) is 12.4. The van der Waals surface area contributed by atoms with Crippen LogP contribution in [0, 0.1) is 0 Å². The van der Waals surface area contributed by atoms with Crippen molar-refractivity contribution in [2.75, 3.05) is 0 Å². The van der Waals surface area contributed by atoms with Gasteiger partial charge in [0.05, 0.1) is 6.26 Å². The molecule has 1 unspecified atom stereocenters. The minimum atomic E-state index is -1.11. The van der Waals surface area contributed by atoms with E-state index in [-0.39, 0.29) is 17.2 Å². The van der Waals surface area contributed by atoms with Gasteiger partial charge in [-0.15, -0.1) is 0 Å². The van der Waals surface area contributed by atoms with Crippen LogP contribution in [0.25, 0.3) is 0 Å². The Morgan fingerprint density at radius 2 is 2.36 bits per heavy atom. The summed E-state index contributed by atoms with van der Waals surface area (Å²) in [6.07, 6.45) is 2.58. The number of carboxylic acid groups (broad SMARTS) is 1. The molecule has 1 atom stereocenters. The fourth-order valence-electron chi connectivity index (χ4n) is 1.29. The number of carbonyl (C=O) groups excluding carboxylic acids is 1. The Morgan fingerprint density at radius 3 is 2.79 bits per heavy atom. The summed E-state index contributed by atoms with van der Waals surface area (Å²) in [7, 11) is 0. The molecule has 1 aromatic heterocycles. The van der Waals surface area contributed by atoms with E-state index in [2.05, 4.69) is 0 Å². The van der Waals surface area contributed by atoms with E-state index in [1.54, 1.807) is 0 Å². The smallest absolute Gasteiger partial charge is 0.340 e. The van der Waals surface area contributed by atoms with E-state index in [9.17, 15) is 9.59 Å². The molecule has 0 radical (unpaired) electrons. The SMILES string of the molecule is CCC(C)c1coc(C=O)c1C(=O)O. The van der Waals surface area contributed by atoms with Gasteiger partial charge in [-0.05, 0) is 12.3 Å². The van der Waals surface area contributed by atoms with Crippen molar-refractivity contribution in [2.45, 2.75) is 26.2 Å². The molecule has 0 spiro atoms. The molecule has 4 nitrogen and oxygen atoms in total. The third-order valence-electron chi connectivity index (χ3n) is 2.31. The van der Waals surface area contributed by atoms with Crippen LogP contribution in [0.5, 0.6) is 0 Å². The van der Waals surface area contributed by atoms with Crippen LogP contribution in [0.4, 0.5) is 0 Å². The molecule has 14 heavy (non-hydrogen) atoms. The van der Waals surface area contributed by atoms with Gasteiger partial charge in [0.1, 0.15) is 5.56 Å². The summed E-state index contributed by atoms with van der Waals surface area (Å²) in [6.45, 7) is 3.84. The van der Waals surface area contributed by atoms with E-state index in [1.807, 2.05) is 13.8 Å². The highest BCUT2D eigenvalue weighted by Gasteiger charge is 2.22. The van der Waals surface area contributed by atoms with Crippen LogP contribution in [0.2, 0.25) is 0 Å². The van der Waals surface area contributed by atoms with Gasteiger partial charge >= 0.3 is 5.97 Å². The first-order valence-electron chi connectivity index (χ1n) is 4.41. The van der Waals surface area contributed by atoms with Crippen molar-refractivity contribution in [3.8, 4) is 0 Å². The second kappa shape index (κ2) is 4.09. The molecule has 0 aliphatic rings. The molecule has 1 N–H and O–H groups in total. The molecule has 0 aliphatic heterocycles. The maximum Gasteiger partial charge on any atom is 0.340 e. The molecule has 0 bridgehead atoms. The molecule has 0 saturated heterocycles. The van der Waals surface area contributed by atoms with Gasteiger partial charge in [-0.1, -0.05) is 13.8 Å². The predicted molar refractivity (Wildman–Crippen MR) is 49.8 cm³/mol. The zero-order valence-electron chi connectivity index (χ0n) is 8.11. The van der Waals surface area contributed by atoms with Crippen LogP contribution >= 0.6 is 0 Å². The number of furan rings is 1. The van der Waals surface area contributed by atoms with Crippen LogP contribution in [0.1, 0.15) is 52.7 Å². The van der Waals surface area contributed by atoms with Crippen molar-refractivity contribution in [1.82, 2.24) is 0 Å². The second-order valence-electron chi connectivity index (χ2n) is 3.16. The average Bonchev–Trinajstić information content (AvgIpc) is 2.59. The summed E-state index contributed by atoms with van der Waals surface area (Å²) in [4.78, 5) is 21.4. The van der Waals surface area contributed by atoms with Crippen LogP contribution in [0.3, 0.4) is 0 Å². The van der Waals surface area contributed by atoms with E-state index in [4.69, 9.17) is 9.52 Å². The third-order valence-corrected chi connectivity index (χ3v) is 2.31. The lowest BCUT2D eigenvalue weighted by atomic mass is 9.97. The van der Waals surface area contributed by atoms with Gasteiger partial charge in [0.15, 0.2) is 12.0 Å². The van der Waals surface area contributed by atoms with Crippen LogP contribution < -0.4 is 0 Å². The van der Waals surface area contributed by atoms with Gasteiger partial charge in [-0.3, -0.25) is 4.79 Å². The van der Waals surface area contributed by atoms with Crippen molar-refractivity contribution < 1.29 is 19.1 Å². The third kappa shape index (κ3) is 1.69. The molecule has 0 amide bonds. The van der Waals surface area contributed by atoms with E-state index in [1.165, 1.54) is 6.26 Å². The Hall–Kier alpha value is -1.58. The molecule has 1 rings (SSSR count). The highest BCUT2D eigenvalue weighted by Crippen LogP contribution is 2.26. The Balaban J connectivity index is 3.23. The maximum absolute atomic E-state index is 10.9. The van der Waals surface area contributed by atoms with Crippen molar-refractivity contribution in [3.63, 3.8) is 0 Å². The Kier molecular flexibility index (Phi) is 3.06. The van der Waals surface area contributed by atoms with Gasteiger partial charge in [0, 0.05) is 5.56 Å². The van der Waals surface area contributed by atoms with Gasteiger partial charge < -0.3 is 9.52 Å². The summed E-state index contributed by atoms with van der Waals surface area (Å²) in [5, 5.41) is 8.89. The number of carbonyl (C=O) groups is 2. The summed E-state index contributed by atoms with van der Waals surface area (Å²) >= 11 is 0. The first-order chi connectivity index (χ1) is 6.61. The minimum Gasteiger partial charge on any atom is -0.478 e. The van der Waals surface area contributed by atoms with Gasteiger partial charge in [0.2, 0.25) is 0 Å². The van der Waals surface area contributed by atoms with Crippen LogP contribution in [-0.2, 0) is 0 Å². The fraction of sp³-hybridized carbons (Fsp3) is 0.400. The van der Waals surface area contributed by atoms with Gasteiger partial charge in [-0.2, -0.15) is 0 Å². The van der Waals surface area contributed by atoms with Crippen molar-refractivity contribution >= 4 is 12.3 Å². The summed E-state index contributed by atoms with van der Waals surface area (Å²) in [6, 6.07) is 0. The summed E-state index contributed by atoms with van der Waals surface area (Å²) in [5.41, 5.74) is 0.580. The fourth-order valence-corrected chi connectivity index (χ4v) is 1.29. The summed E-state index contributed by atoms with van der Waals surface area (Å²) < 4.78 is 4.88. The molecule has 0 aliphatic carbocycles. The number of rotatable bonds is 4. The topological polar surface area (TPSA) is 67.5 Å². The molecule has 4 heteroatoms. The predicted octanol–water partition coefficient (Wildman–Crippen LogP) is 2.30. The zero-order valence-corrected chi connectivity index (χ0v) is 8.11. The molecule has 76 valence electrons. The molecule has 0 fully saturated rings. The lowest BCUT2D eigenvalue weighted by Gasteiger charge is -2.05. The minimum absolute atomic E-state index is 0.00523. The number of hydrogen-bond acceptors (Lipinski definition) is 3. The monoisotopic (exact) mass is 196 g/mol. The number of aldehydes is 1. The number of carboxylic acids is 1. The Morgan fingerprint density at radius 1 is 1.71 bits per heavy atom. The molecule has 1 heterocycles. The molecule has 0 aromatic carbocycles. The number of hydrogen-bond donors (Lipinski definition) is 1. The van der Waals surface area contributed by atoms with E-state index < -0.39 is 5.97 Å². The van der Waals surface area contributed by atoms with E-state index in [0.29, 0.717) is 11.8 Å². The average molecular weight is 196 g/mol. The standard InChI is InChI=1S/C10H12O4/c1-3-6(2)7-5-14-8(4-11)9(7)10(12)13/h4-6H,3H2,1-2H3,(H,12,13). The first-order valence-corrected chi connectivity index (χ1v) is 4.41. The van der Waals surface area contributed by atoms with Crippen molar-refractivity contribution in [1.29, 1.82) is 0 Å². The summed E-state index contributed by atoms with van der Waals surface area (Å²) in [5.74, 6) is -1.14. The van der Waals surface area contributed by atoms with E-state index >= 15 is 0 Å². The molecular weight excluding hydrogens is 184 g/mol. The largest absolute Gasteiger partial charge is 0.478 e. The highest BCUT2D eigenvalue weighted by molar-refractivity contribution is 5.97. The van der Waals surface area contributed by atoms with Gasteiger partial charge in [0.25, 0.3) is 0 Å². The lowest BCUT2D eigenvalue weighted by molar-refractivity contribution is 0.0691. The molecule has 0 saturated carbocycles. The molecular formula is C10H12O4.